The van der Waals surface area contributed by atoms with Gasteiger partial charge in [-0.3, -0.25) is 9.69 Å². The highest BCUT2D eigenvalue weighted by Crippen LogP contribution is 2.24. The van der Waals surface area contributed by atoms with Gasteiger partial charge in [-0.25, -0.2) is 4.79 Å². The standard InChI is InChI=1S/C22H28N4O2/c27-21(13-14-23-22(28)25-19-11-5-2-6-12-19)24-17-20(26-15-7-8-16-26)18-9-3-1-4-10-18/h1-6,9-12,20H,7-8,13-17H2,(H,24,27)(H2,23,25,28)/t20-/m1/s1. The van der Waals surface area contributed by atoms with Gasteiger partial charge >= 0.3 is 6.03 Å². The minimum atomic E-state index is -0.307. The van der Waals surface area contributed by atoms with Crippen molar-refractivity contribution in [2.75, 3.05) is 31.5 Å². The van der Waals surface area contributed by atoms with Crippen molar-refractivity contribution in [1.29, 1.82) is 0 Å². The van der Waals surface area contributed by atoms with Crippen LogP contribution in [-0.2, 0) is 4.79 Å². The van der Waals surface area contributed by atoms with Crippen LogP contribution in [0.5, 0.6) is 0 Å². The Labute approximate surface area is 166 Å². The van der Waals surface area contributed by atoms with Crippen LogP contribution in [0.2, 0.25) is 0 Å². The number of nitrogens with one attached hydrogen (secondary N) is 3. The Bertz CT molecular complexity index is 746. The number of para-hydroxylation sites is 1. The third-order valence-electron chi connectivity index (χ3n) is 4.93. The minimum absolute atomic E-state index is 0.0554. The molecule has 2 aromatic carbocycles. The first kappa shape index (κ1) is 19.9. The van der Waals surface area contributed by atoms with E-state index in [9.17, 15) is 9.59 Å². The zero-order chi connectivity index (χ0) is 19.6. The minimum Gasteiger partial charge on any atom is -0.354 e. The van der Waals surface area contributed by atoms with Crippen molar-refractivity contribution in [3.63, 3.8) is 0 Å². The molecule has 0 bridgehead atoms. The number of amides is 3. The van der Waals surface area contributed by atoms with Crippen molar-refractivity contribution < 1.29 is 9.59 Å². The normalized spacial score (nSPS) is 15.0. The number of hydrogen-bond donors (Lipinski definition) is 3. The van der Waals surface area contributed by atoms with Gasteiger partial charge in [0, 0.05) is 25.2 Å². The average Bonchev–Trinajstić information content (AvgIpc) is 3.24. The Morgan fingerprint density at radius 2 is 1.54 bits per heavy atom. The molecular formula is C22H28N4O2. The molecule has 0 unspecified atom stereocenters. The highest BCUT2D eigenvalue weighted by molar-refractivity contribution is 5.89. The van der Waals surface area contributed by atoms with Crippen molar-refractivity contribution in [2.45, 2.75) is 25.3 Å². The van der Waals surface area contributed by atoms with E-state index in [1.807, 2.05) is 48.5 Å². The van der Waals surface area contributed by atoms with E-state index in [4.69, 9.17) is 0 Å². The van der Waals surface area contributed by atoms with E-state index in [0.717, 1.165) is 18.8 Å². The third-order valence-corrected chi connectivity index (χ3v) is 4.93. The molecule has 0 spiro atoms. The van der Waals surface area contributed by atoms with Crippen molar-refractivity contribution in [2.24, 2.45) is 0 Å². The Morgan fingerprint density at radius 1 is 0.893 bits per heavy atom. The zero-order valence-corrected chi connectivity index (χ0v) is 16.1. The summed E-state index contributed by atoms with van der Waals surface area (Å²) in [5.74, 6) is -0.0554. The lowest BCUT2D eigenvalue weighted by Crippen LogP contribution is -2.38. The predicted molar refractivity (Wildman–Crippen MR) is 111 cm³/mol. The lowest BCUT2D eigenvalue weighted by Gasteiger charge is -2.28. The van der Waals surface area contributed by atoms with E-state index in [1.165, 1.54) is 18.4 Å². The molecule has 3 amide bonds. The fraction of sp³-hybridized carbons (Fsp3) is 0.364. The third kappa shape index (κ3) is 6.09. The van der Waals surface area contributed by atoms with Crippen molar-refractivity contribution in [1.82, 2.24) is 15.5 Å². The summed E-state index contributed by atoms with van der Waals surface area (Å²) in [4.78, 5) is 26.5. The number of anilines is 1. The number of benzene rings is 2. The number of rotatable bonds is 8. The van der Waals surface area contributed by atoms with Gasteiger partial charge in [-0.05, 0) is 43.6 Å². The monoisotopic (exact) mass is 380 g/mol. The molecule has 1 atom stereocenters. The number of carbonyl (C=O) groups is 2. The molecule has 0 radical (unpaired) electrons. The first-order valence-electron chi connectivity index (χ1n) is 9.88. The maximum absolute atomic E-state index is 12.2. The summed E-state index contributed by atoms with van der Waals surface area (Å²) in [5.41, 5.74) is 1.95. The fourth-order valence-corrected chi connectivity index (χ4v) is 3.47. The average molecular weight is 380 g/mol. The molecule has 1 saturated heterocycles. The molecule has 1 aliphatic rings. The van der Waals surface area contributed by atoms with E-state index >= 15 is 0 Å². The highest BCUT2D eigenvalue weighted by atomic mass is 16.2. The summed E-state index contributed by atoms with van der Waals surface area (Å²) in [6.07, 6.45) is 2.67. The second-order valence-electron chi connectivity index (χ2n) is 6.97. The van der Waals surface area contributed by atoms with E-state index in [1.54, 1.807) is 0 Å². The number of urea groups is 1. The Morgan fingerprint density at radius 3 is 2.21 bits per heavy atom. The molecule has 0 aromatic heterocycles. The topological polar surface area (TPSA) is 73.5 Å². The van der Waals surface area contributed by atoms with Gasteiger partial charge in [0.25, 0.3) is 0 Å². The smallest absolute Gasteiger partial charge is 0.319 e. The van der Waals surface area contributed by atoms with Crippen LogP contribution in [0.1, 0.15) is 30.9 Å². The first-order valence-corrected chi connectivity index (χ1v) is 9.88. The molecule has 3 N–H and O–H groups in total. The lowest BCUT2D eigenvalue weighted by atomic mass is 10.1. The molecular weight excluding hydrogens is 352 g/mol. The summed E-state index contributed by atoms with van der Waals surface area (Å²) in [6.45, 7) is 3.01. The first-order chi connectivity index (χ1) is 13.7. The molecule has 0 saturated carbocycles. The Balaban J connectivity index is 1.41. The predicted octanol–water partition coefficient (Wildman–Crippen LogP) is 3.15. The van der Waals surface area contributed by atoms with Gasteiger partial charge in [0.15, 0.2) is 0 Å². The molecule has 6 heteroatoms. The summed E-state index contributed by atoms with van der Waals surface area (Å²) in [5, 5.41) is 8.48. The van der Waals surface area contributed by atoms with Crippen molar-refractivity contribution in [3.05, 3.63) is 66.2 Å². The molecule has 1 aliphatic heterocycles. The van der Waals surface area contributed by atoms with Gasteiger partial charge in [0.2, 0.25) is 5.91 Å². The summed E-state index contributed by atoms with van der Waals surface area (Å²) in [7, 11) is 0. The van der Waals surface area contributed by atoms with Crippen molar-refractivity contribution in [3.8, 4) is 0 Å². The molecule has 6 nitrogen and oxygen atoms in total. The van der Waals surface area contributed by atoms with Gasteiger partial charge in [-0.15, -0.1) is 0 Å². The molecule has 28 heavy (non-hydrogen) atoms. The number of nitrogens with zero attached hydrogens (tertiary/aromatic N) is 1. The van der Waals surface area contributed by atoms with E-state index in [-0.39, 0.29) is 24.4 Å². The van der Waals surface area contributed by atoms with Crippen LogP contribution in [0, 0.1) is 0 Å². The van der Waals surface area contributed by atoms with Crippen LogP contribution in [-0.4, -0.2) is 43.0 Å². The molecule has 3 rings (SSSR count). The summed E-state index contributed by atoms with van der Waals surface area (Å²) >= 11 is 0. The quantitative estimate of drug-likeness (QED) is 0.659. The lowest BCUT2D eigenvalue weighted by molar-refractivity contribution is -0.121. The maximum atomic E-state index is 12.2. The number of likely N-dealkylation sites (tertiary alicyclic amines) is 1. The highest BCUT2D eigenvalue weighted by Gasteiger charge is 2.23. The van der Waals surface area contributed by atoms with Crippen LogP contribution < -0.4 is 16.0 Å². The second-order valence-corrected chi connectivity index (χ2v) is 6.97. The van der Waals surface area contributed by atoms with Crippen LogP contribution in [0.25, 0.3) is 0 Å². The van der Waals surface area contributed by atoms with Crippen LogP contribution in [0.15, 0.2) is 60.7 Å². The summed E-state index contributed by atoms with van der Waals surface area (Å²) in [6, 6.07) is 19.4. The molecule has 2 aromatic rings. The van der Waals surface area contributed by atoms with Gasteiger partial charge < -0.3 is 16.0 Å². The van der Waals surface area contributed by atoms with Gasteiger partial charge in [0.05, 0.1) is 6.04 Å². The molecule has 148 valence electrons. The summed E-state index contributed by atoms with van der Waals surface area (Å²) < 4.78 is 0. The van der Waals surface area contributed by atoms with E-state index < -0.39 is 0 Å². The van der Waals surface area contributed by atoms with E-state index in [0.29, 0.717) is 13.1 Å². The van der Waals surface area contributed by atoms with Crippen LogP contribution in [0.4, 0.5) is 10.5 Å². The zero-order valence-electron chi connectivity index (χ0n) is 16.1. The van der Waals surface area contributed by atoms with Gasteiger partial charge in [-0.2, -0.15) is 0 Å². The molecule has 0 aliphatic carbocycles. The van der Waals surface area contributed by atoms with E-state index in [2.05, 4.69) is 33.0 Å². The molecule has 1 fully saturated rings. The number of hydrogen-bond acceptors (Lipinski definition) is 3. The second kappa shape index (κ2) is 10.5. The maximum Gasteiger partial charge on any atom is 0.319 e. The van der Waals surface area contributed by atoms with Gasteiger partial charge in [0.1, 0.15) is 0 Å². The number of carbonyl (C=O) groups excluding carboxylic acids is 2. The Kier molecular flexibility index (Phi) is 7.44. The molecule has 1 heterocycles. The Hall–Kier alpha value is -2.86. The largest absolute Gasteiger partial charge is 0.354 e. The van der Waals surface area contributed by atoms with Gasteiger partial charge in [-0.1, -0.05) is 48.5 Å². The van der Waals surface area contributed by atoms with Crippen LogP contribution in [0.3, 0.4) is 0 Å². The van der Waals surface area contributed by atoms with Crippen LogP contribution >= 0.6 is 0 Å². The van der Waals surface area contributed by atoms with Crippen molar-refractivity contribution >= 4 is 17.6 Å². The SMILES string of the molecule is O=C(CCNC(=O)Nc1ccccc1)NC[C@H](c1ccccc1)N1CCCC1. The fourth-order valence-electron chi connectivity index (χ4n) is 3.47.